The second-order valence-electron chi connectivity index (χ2n) is 2.79. The molecule has 0 atom stereocenters. The topological polar surface area (TPSA) is 34.1 Å². The van der Waals surface area contributed by atoms with Gasteiger partial charge in [0.1, 0.15) is 0 Å². The highest BCUT2D eigenvalue weighted by molar-refractivity contribution is 9.11. The second kappa shape index (κ2) is 5.78. The molecule has 0 saturated heterocycles. The third-order valence-electron chi connectivity index (χ3n) is 1.61. The van der Waals surface area contributed by atoms with Crippen molar-refractivity contribution in [2.75, 3.05) is 13.7 Å². The van der Waals surface area contributed by atoms with E-state index in [1.54, 1.807) is 7.11 Å². The third kappa shape index (κ3) is 3.89. The van der Waals surface area contributed by atoms with Crippen molar-refractivity contribution in [3.8, 4) is 5.88 Å². The summed E-state index contributed by atoms with van der Waals surface area (Å²) < 4.78 is 5.95. The lowest BCUT2D eigenvalue weighted by atomic mass is 10.3. The number of nitrogens with one attached hydrogen (secondary N) is 1. The van der Waals surface area contributed by atoms with Gasteiger partial charge in [0.25, 0.3) is 0 Å². The fourth-order valence-corrected chi connectivity index (χ4v) is 1.19. The molecule has 0 aliphatic carbocycles. The first-order chi connectivity index (χ1) is 6.72. The van der Waals surface area contributed by atoms with Gasteiger partial charge in [-0.3, -0.25) is 0 Å². The van der Waals surface area contributed by atoms with Crippen LogP contribution >= 0.6 is 15.9 Å². The zero-order valence-corrected chi connectivity index (χ0v) is 9.67. The maximum Gasteiger partial charge on any atom is 0.213 e. The third-order valence-corrected chi connectivity index (χ3v) is 1.89. The van der Waals surface area contributed by atoms with Gasteiger partial charge in [-0.1, -0.05) is 28.6 Å². The number of rotatable bonds is 5. The Kier molecular flexibility index (Phi) is 4.62. The van der Waals surface area contributed by atoms with Crippen molar-refractivity contribution in [3.63, 3.8) is 0 Å². The zero-order chi connectivity index (χ0) is 10.4. The van der Waals surface area contributed by atoms with Crippen LogP contribution in [-0.2, 0) is 6.54 Å². The zero-order valence-electron chi connectivity index (χ0n) is 8.09. The Balaban J connectivity index is 2.46. The summed E-state index contributed by atoms with van der Waals surface area (Å²) in [4.78, 5) is 4.26. The van der Waals surface area contributed by atoms with E-state index in [4.69, 9.17) is 4.74 Å². The molecule has 0 spiro atoms. The van der Waals surface area contributed by atoms with Gasteiger partial charge in [-0.05, 0) is 6.07 Å². The highest BCUT2D eigenvalue weighted by Gasteiger charge is 1.96. The number of halogens is 1. The predicted octanol–water partition coefficient (Wildman–Crippen LogP) is 2.09. The molecule has 1 aromatic heterocycles. The van der Waals surface area contributed by atoms with E-state index in [1.807, 2.05) is 18.2 Å². The van der Waals surface area contributed by atoms with Crippen molar-refractivity contribution in [3.05, 3.63) is 35.0 Å². The molecule has 4 heteroatoms. The van der Waals surface area contributed by atoms with Gasteiger partial charge in [0.05, 0.1) is 12.8 Å². The Hall–Kier alpha value is -0.870. The summed E-state index contributed by atoms with van der Waals surface area (Å²) in [6.07, 6.45) is 0. The number of nitrogens with zero attached hydrogens (tertiary/aromatic N) is 1. The predicted molar refractivity (Wildman–Crippen MR) is 60.6 cm³/mol. The summed E-state index contributed by atoms with van der Waals surface area (Å²) in [5.41, 5.74) is 0.957. The molecule has 0 bridgehead atoms. The van der Waals surface area contributed by atoms with Crippen LogP contribution in [-0.4, -0.2) is 18.6 Å². The smallest absolute Gasteiger partial charge is 0.213 e. The van der Waals surface area contributed by atoms with Crippen molar-refractivity contribution in [2.45, 2.75) is 6.54 Å². The van der Waals surface area contributed by atoms with Crippen molar-refractivity contribution >= 4 is 15.9 Å². The van der Waals surface area contributed by atoms with E-state index < -0.39 is 0 Å². The lowest BCUT2D eigenvalue weighted by Crippen LogP contribution is -2.15. The Morgan fingerprint density at radius 2 is 2.43 bits per heavy atom. The Bertz CT molecular complexity index is 315. The van der Waals surface area contributed by atoms with Crippen LogP contribution in [0.3, 0.4) is 0 Å². The fourth-order valence-electron chi connectivity index (χ4n) is 0.996. The number of pyridine rings is 1. The number of ether oxygens (including phenoxy) is 1. The maximum atomic E-state index is 5.02. The highest BCUT2D eigenvalue weighted by atomic mass is 79.9. The maximum absolute atomic E-state index is 5.02. The van der Waals surface area contributed by atoms with Crippen LogP contribution in [0.4, 0.5) is 0 Å². The van der Waals surface area contributed by atoms with Crippen molar-refractivity contribution in [1.29, 1.82) is 0 Å². The molecule has 14 heavy (non-hydrogen) atoms. The molecule has 1 heterocycles. The van der Waals surface area contributed by atoms with E-state index in [0.717, 1.165) is 16.7 Å². The van der Waals surface area contributed by atoms with E-state index in [1.165, 1.54) is 0 Å². The van der Waals surface area contributed by atoms with Gasteiger partial charge in [0.2, 0.25) is 5.88 Å². The van der Waals surface area contributed by atoms with Gasteiger partial charge in [0.15, 0.2) is 0 Å². The summed E-state index contributed by atoms with van der Waals surface area (Å²) in [6.45, 7) is 5.17. The fraction of sp³-hybridized carbons (Fsp3) is 0.300. The van der Waals surface area contributed by atoms with Crippen LogP contribution < -0.4 is 10.1 Å². The van der Waals surface area contributed by atoms with E-state index in [0.29, 0.717) is 12.4 Å². The largest absolute Gasteiger partial charge is 0.481 e. The Labute approximate surface area is 92.3 Å². The summed E-state index contributed by atoms with van der Waals surface area (Å²) in [6, 6.07) is 5.70. The van der Waals surface area contributed by atoms with Crippen LogP contribution in [0.2, 0.25) is 0 Å². The first-order valence-electron chi connectivity index (χ1n) is 4.26. The molecule has 1 N–H and O–H groups in total. The second-order valence-corrected chi connectivity index (χ2v) is 3.91. The van der Waals surface area contributed by atoms with Crippen LogP contribution in [0.5, 0.6) is 5.88 Å². The molecule has 1 aromatic rings. The number of aromatic nitrogens is 1. The molecule has 76 valence electrons. The average Bonchev–Trinajstić information content (AvgIpc) is 2.18. The molecule has 0 aliphatic rings. The van der Waals surface area contributed by atoms with Crippen molar-refractivity contribution in [2.24, 2.45) is 0 Å². The van der Waals surface area contributed by atoms with E-state index >= 15 is 0 Å². The monoisotopic (exact) mass is 256 g/mol. The molecule has 0 saturated carbocycles. The van der Waals surface area contributed by atoms with Gasteiger partial charge in [-0.2, -0.15) is 0 Å². The van der Waals surface area contributed by atoms with Gasteiger partial charge in [-0.15, -0.1) is 0 Å². The molecule has 0 unspecified atom stereocenters. The molecular weight excluding hydrogens is 244 g/mol. The normalized spacial score (nSPS) is 9.86. The molecule has 0 radical (unpaired) electrons. The molecule has 1 rings (SSSR count). The number of hydrogen-bond donors (Lipinski definition) is 1. The minimum Gasteiger partial charge on any atom is -0.481 e. The highest BCUT2D eigenvalue weighted by Crippen LogP contribution is 2.06. The van der Waals surface area contributed by atoms with E-state index in [2.05, 4.69) is 32.8 Å². The van der Waals surface area contributed by atoms with Gasteiger partial charge in [-0.25, -0.2) is 4.98 Å². The minimum atomic E-state index is 0.641. The SMILES string of the molecule is C=C(Br)CNCc1cccc(OC)n1. The Morgan fingerprint density at radius 3 is 3.07 bits per heavy atom. The summed E-state index contributed by atoms with van der Waals surface area (Å²) in [5.74, 6) is 0.641. The van der Waals surface area contributed by atoms with Crippen molar-refractivity contribution in [1.82, 2.24) is 10.3 Å². The van der Waals surface area contributed by atoms with Crippen LogP contribution in [0.25, 0.3) is 0 Å². The molecule has 0 fully saturated rings. The quantitative estimate of drug-likeness (QED) is 0.877. The molecule has 0 aliphatic heterocycles. The summed E-state index contributed by atoms with van der Waals surface area (Å²) >= 11 is 3.27. The van der Waals surface area contributed by atoms with Crippen LogP contribution in [0.1, 0.15) is 5.69 Å². The lowest BCUT2D eigenvalue weighted by Gasteiger charge is -2.04. The molecular formula is C10H13BrN2O. The van der Waals surface area contributed by atoms with Gasteiger partial charge in [0, 0.05) is 23.6 Å². The average molecular weight is 257 g/mol. The molecule has 0 aromatic carbocycles. The Morgan fingerprint density at radius 1 is 1.64 bits per heavy atom. The van der Waals surface area contributed by atoms with Crippen LogP contribution in [0.15, 0.2) is 29.3 Å². The number of methoxy groups -OCH3 is 1. The van der Waals surface area contributed by atoms with Crippen LogP contribution in [0, 0.1) is 0 Å². The first kappa shape index (κ1) is 11.2. The summed E-state index contributed by atoms with van der Waals surface area (Å²) in [7, 11) is 1.61. The minimum absolute atomic E-state index is 0.641. The van der Waals surface area contributed by atoms with Gasteiger partial charge >= 0.3 is 0 Å². The van der Waals surface area contributed by atoms with Crippen molar-refractivity contribution < 1.29 is 4.74 Å². The first-order valence-corrected chi connectivity index (χ1v) is 5.05. The molecule has 3 nitrogen and oxygen atoms in total. The molecule has 0 amide bonds. The number of hydrogen-bond acceptors (Lipinski definition) is 3. The van der Waals surface area contributed by atoms with E-state index in [-0.39, 0.29) is 0 Å². The lowest BCUT2D eigenvalue weighted by molar-refractivity contribution is 0.396. The summed E-state index contributed by atoms with van der Waals surface area (Å²) in [5, 5.41) is 3.19. The van der Waals surface area contributed by atoms with Gasteiger partial charge < -0.3 is 10.1 Å². The van der Waals surface area contributed by atoms with E-state index in [9.17, 15) is 0 Å². The standard InChI is InChI=1S/C10H13BrN2O/c1-8(11)6-12-7-9-4-3-5-10(13-9)14-2/h3-5,12H,1,6-7H2,2H3.